The van der Waals surface area contributed by atoms with Crippen molar-refractivity contribution in [2.24, 2.45) is 5.73 Å². The Morgan fingerprint density at radius 1 is 1.07 bits per heavy atom. The molecule has 0 atom stereocenters. The summed E-state index contributed by atoms with van der Waals surface area (Å²) in [7, 11) is 0. The zero-order valence-electron chi connectivity index (χ0n) is 7.36. The summed E-state index contributed by atoms with van der Waals surface area (Å²) in [6.07, 6.45) is 0. The van der Waals surface area contributed by atoms with E-state index in [4.69, 9.17) is 5.73 Å². The van der Waals surface area contributed by atoms with Gasteiger partial charge in [0.1, 0.15) is 0 Å². The first kappa shape index (κ1) is 8.56. The average molecular weight is 186 g/mol. The molecule has 2 aromatic rings. The third-order valence-electron chi connectivity index (χ3n) is 2.11. The quantitative estimate of drug-likeness (QED) is 0.728. The summed E-state index contributed by atoms with van der Waals surface area (Å²) < 4.78 is 0. The lowest BCUT2D eigenvalue weighted by Gasteiger charge is -2.00. The van der Waals surface area contributed by atoms with E-state index in [1.54, 1.807) is 0 Å². The maximum atomic E-state index is 11.4. The summed E-state index contributed by atoms with van der Waals surface area (Å²) in [4.78, 5) is 10.9. The van der Waals surface area contributed by atoms with Crippen LogP contribution in [0.4, 0.5) is 0 Å². The molecule has 0 aliphatic heterocycles. The fourth-order valence-corrected chi connectivity index (χ4v) is 1.41. The van der Waals surface area contributed by atoms with Gasteiger partial charge in [-0.05, 0) is 22.9 Å². The number of carbonyl (C=O) groups is 1. The number of carbonyl (C=O) groups excluding carboxylic acids is 1. The van der Waals surface area contributed by atoms with Crippen LogP contribution >= 0.6 is 0 Å². The van der Waals surface area contributed by atoms with E-state index in [0.29, 0.717) is 0 Å². The van der Waals surface area contributed by atoms with Crippen LogP contribution in [0.25, 0.3) is 10.8 Å². The highest BCUT2D eigenvalue weighted by Crippen LogP contribution is 2.24. The molecule has 0 aliphatic carbocycles. The topological polar surface area (TPSA) is 63.0 Å². The van der Waals surface area contributed by atoms with Gasteiger partial charge in [-0.25, -0.2) is 0 Å². The average Bonchev–Trinajstić information content (AvgIpc) is 2.16. The lowest BCUT2D eigenvalue weighted by Crippen LogP contribution is -2.10. The Morgan fingerprint density at radius 3 is 2.21 bits per heavy atom. The Bertz CT molecular complexity index is 506. The van der Waals surface area contributed by atoms with Gasteiger partial charge in [0.2, 0.25) is 0 Å². The van der Waals surface area contributed by atoms with Crippen LogP contribution in [0.2, 0.25) is 0 Å². The normalized spacial score (nSPS) is 10.3. The number of fused-ring (bicyclic) bond motifs is 1. The number of nitrogens with two attached hydrogens (primary N) is 1. The van der Waals surface area contributed by atoms with Gasteiger partial charge in [-0.15, -0.1) is 0 Å². The van der Waals surface area contributed by atoms with Crippen LogP contribution in [0.5, 0.6) is 5.75 Å². The second-order valence-corrected chi connectivity index (χ2v) is 3.06. The van der Waals surface area contributed by atoms with Crippen LogP contribution in [-0.2, 0) is 5.11 Å². The van der Waals surface area contributed by atoms with Crippen molar-refractivity contribution in [2.75, 3.05) is 0 Å². The van der Waals surface area contributed by atoms with Crippen molar-refractivity contribution in [3.05, 3.63) is 42.0 Å². The smallest absolute Gasteiger partial charge is 0.252 e. The van der Waals surface area contributed by atoms with Crippen LogP contribution in [-0.4, -0.2) is 5.91 Å². The molecule has 0 saturated heterocycles. The Morgan fingerprint density at radius 2 is 1.64 bits per heavy atom. The van der Waals surface area contributed by atoms with E-state index in [0.717, 1.165) is 10.8 Å². The molecule has 2 N–H and O–H groups in total. The number of benzene rings is 2. The molecule has 0 bridgehead atoms. The van der Waals surface area contributed by atoms with Crippen LogP contribution in [0.1, 0.15) is 10.4 Å². The van der Waals surface area contributed by atoms with Crippen LogP contribution in [0.15, 0.2) is 36.4 Å². The molecule has 0 heterocycles. The second kappa shape index (κ2) is 3.03. The van der Waals surface area contributed by atoms with E-state index in [1.807, 2.05) is 24.3 Å². The third kappa shape index (κ3) is 1.29. The molecule has 0 aliphatic rings. The zero-order valence-corrected chi connectivity index (χ0v) is 7.36. The first-order chi connectivity index (χ1) is 6.68. The maximum Gasteiger partial charge on any atom is 0.252 e. The minimum atomic E-state index is -0.680. The van der Waals surface area contributed by atoms with Crippen molar-refractivity contribution in [3.8, 4) is 5.75 Å². The van der Waals surface area contributed by atoms with Crippen molar-refractivity contribution in [1.29, 1.82) is 0 Å². The zero-order chi connectivity index (χ0) is 10.1. The molecule has 0 unspecified atom stereocenters. The Hall–Kier alpha value is -2.03. The highest BCUT2D eigenvalue weighted by atomic mass is 16.3. The summed E-state index contributed by atoms with van der Waals surface area (Å²) in [5.41, 5.74) is 5.11. The number of hydrogen-bond donors (Lipinski definition) is 1. The van der Waals surface area contributed by atoms with Crippen molar-refractivity contribution in [3.63, 3.8) is 0 Å². The fourth-order valence-electron chi connectivity index (χ4n) is 1.41. The van der Waals surface area contributed by atoms with Crippen molar-refractivity contribution < 1.29 is 9.90 Å². The number of rotatable bonds is 1. The van der Waals surface area contributed by atoms with Crippen molar-refractivity contribution in [1.82, 2.24) is 0 Å². The second-order valence-electron chi connectivity index (χ2n) is 3.06. The number of primary amides is 1. The van der Waals surface area contributed by atoms with E-state index in [1.165, 1.54) is 12.1 Å². The molecule has 1 radical (unpaired) electrons. The molecule has 69 valence electrons. The first-order valence-corrected chi connectivity index (χ1v) is 4.18. The van der Waals surface area contributed by atoms with Crippen LogP contribution < -0.4 is 5.73 Å². The highest BCUT2D eigenvalue weighted by Gasteiger charge is 2.09. The standard InChI is InChI=1S/C11H8NO2/c12-11(14)9-5-7-3-1-2-4-8(7)6-10(9)13/h1-6H,(H2,12,14). The summed E-state index contributed by atoms with van der Waals surface area (Å²) in [5.74, 6) is -1.00. The van der Waals surface area contributed by atoms with Gasteiger partial charge in [0.25, 0.3) is 5.91 Å². The van der Waals surface area contributed by atoms with Crippen LogP contribution in [0.3, 0.4) is 0 Å². The number of amides is 1. The van der Waals surface area contributed by atoms with Gasteiger partial charge in [-0.2, -0.15) is 0 Å². The van der Waals surface area contributed by atoms with Gasteiger partial charge < -0.3 is 5.73 Å². The van der Waals surface area contributed by atoms with Gasteiger partial charge >= 0.3 is 0 Å². The monoisotopic (exact) mass is 186 g/mol. The Labute approximate surface area is 80.8 Å². The van der Waals surface area contributed by atoms with E-state index >= 15 is 0 Å². The van der Waals surface area contributed by atoms with Gasteiger partial charge in [0.15, 0.2) is 5.75 Å². The Balaban J connectivity index is 2.77. The molecular weight excluding hydrogens is 178 g/mol. The molecule has 14 heavy (non-hydrogen) atoms. The molecule has 2 aromatic carbocycles. The lowest BCUT2D eigenvalue weighted by molar-refractivity contribution is 0.0996. The molecular formula is C11H8NO2. The molecule has 3 nitrogen and oxygen atoms in total. The Kier molecular flexibility index (Phi) is 1.85. The van der Waals surface area contributed by atoms with Gasteiger partial charge in [-0.1, -0.05) is 24.3 Å². The molecule has 1 amide bonds. The predicted molar refractivity (Wildman–Crippen MR) is 52.6 cm³/mol. The molecule has 2 rings (SSSR count). The molecule has 0 spiro atoms. The molecule has 0 saturated carbocycles. The molecule has 0 fully saturated rings. The van der Waals surface area contributed by atoms with Crippen LogP contribution in [0, 0.1) is 0 Å². The van der Waals surface area contributed by atoms with E-state index in [9.17, 15) is 9.90 Å². The summed E-state index contributed by atoms with van der Waals surface area (Å²) >= 11 is 0. The first-order valence-electron chi connectivity index (χ1n) is 4.18. The van der Waals surface area contributed by atoms with Gasteiger partial charge in [-0.3, -0.25) is 9.90 Å². The van der Waals surface area contributed by atoms with Gasteiger partial charge in [0.05, 0.1) is 5.56 Å². The van der Waals surface area contributed by atoms with Crippen molar-refractivity contribution in [2.45, 2.75) is 0 Å². The summed E-state index contributed by atoms with van der Waals surface area (Å²) in [6.45, 7) is 0. The largest absolute Gasteiger partial charge is 0.365 e. The van der Waals surface area contributed by atoms with E-state index in [-0.39, 0.29) is 11.3 Å². The number of hydrogen-bond acceptors (Lipinski definition) is 1. The van der Waals surface area contributed by atoms with Gasteiger partial charge in [0, 0.05) is 0 Å². The molecule has 3 heteroatoms. The predicted octanol–water partition coefficient (Wildman–Crippen LogP) is 2.08. The fraction of sp³-hybridized carbons (Fsp3) is 0. The lowest BCUT2D eigenvalue weighted by atomic mass is 10.1. The highest BCUT2D eigenvalue weighted by molar-refractivity contribution is 6.00. The summed E-state index contributed by atoms with van der Waals surface area (Å²) in [5, 5.41) is 13.0. The van der Waals surface area contributed by atoms with E-state index < -0.39 is 5.91 Å². The minimum absolute atomic E-state index is 0.0451. The third-order valence-corrected chi connectivity index (χ3v) is 2.11. The van der Waals surface area contributed by atoms with Crippen molar-refractivity contribution >= 4 is 16.7 Å². The minimum Gasteiger partial charge on any atom is -0.365 e. The SMILES string of the molecule is NC(=O)c1cc2ccccc2cc1[O]. The molecule has 0 aromatic heterocycles. The van der Waals surface area contributed by atoms with E-state index in [2.05, 4.69) is 0 Å². The summed E-state index contributed by atoms with van der Waals surface area (Å²) in [6, 6.07) is 10.3. The maximum absolute atomic E-state index is 11.4.